The molecule has 0 unspecified atom stereocenters. The van der Waals surface area contributed by atoms with E-state index in [0.29, 0.717) is 5.56 Å². The molecule has 0 spiro atoms. The van der Waals surface area contributed by atoms with Gasteiger partial charge < -0.3 is 15.2 Å². The molecule has 21 heavy (non-hydrogen) atoms. The van der Waals surface area contributed by atoms with E-state index in [1.54, 1.807) is 6.33 Å². The van der Waals surface area contributed by atoms with E-state index in [2.05, 4.69) is 34.0 Å². The second-order valence-corrected chi connectivity index (χ2v) is 5.12. The van der Waals surface area contributed by atoms with Crippen LogP contribution in [0.15, 0.2) is 24.5 Å². The molecule has 1 amide bonds. The lowest BCUT2D eigenvalue weighted by Crippen LogP contribution is -2.27. The molecule has 0 saturated carbocycles. The molecule has 0 radical (unpaired) electrons. The highest BCUT2D eigenvalue weighted by Crippen LogP contribution is 2.11. The first-order chi connectivity index (χ1) is 10.2. The number of benzene rings is 1. The predicted octanol–water partition coefficient (Wildman–Crippen LogP) is 2.41. The van der Waals surface area contributed by atoms with Crippen molar-refractivity contribution < 1.29 is 4.79 Å². The summed E-state index contributed by atoms with van der Waals surface area (Å²) in [5, 5.41) is 2.97. The number of unbranched alkanes of at least 4 members (excludes halogenated alkanes) is 1. The van der Waals surface area contributed by atoms with Crippen LogP contribution in [-0.2, 0) is 0 Å². The van der Waals surface area contributed by atoms with Crippen LogP contribution in [0.25, 0.3) is 11.0 Å². The molecule has 5 heteroatoms. The number of rotatable bonds is 8. The molecule has 0 atom stereocenters. The minimum atomic E-state index is -0.0191. The lowest BCUT2D eigenvalue weighted by molar-refractivity contribution is 0.0952. The van der Waals surface area contributed by atoms with Crippen molar-refractivity contribution in [3.05, 3.63) is 30.1 Å². The average molecular weight is 288 g/mol. The second-order valence-electron chi connectivity index (χ2n) is 5.12. The molecule has 0 fully saturated rings. The van der Waals surface area contributed by atoms with Crippen LogP contribution in [0.2, 0.25) is 0 Å². The van der Waals surface area contributed by atoms with Crippen molar-refractivity contribution in [1.29, 1.82) is 0 Å². The van der Waals surface area contributed by atoms with Crippen molar-refractivity contribution in [2.45, 2.75) is 26.7 Å². The van der Waals surface area contributed by atoms with Gasteiger partial charge in [-0.3, -0.25) is 4.79 Å². The number of hydrogen-bond acceptors (Lipinski definition) is 3. The van der Waals surface area contributed by atoms with E-state index < -0.39 is 0 Å². The molecule has 5 nitrogen and oxygen atoms in total. The van der Waals surface area contributed by atoms with Gasteiger partial charge in [-0.05, 0) is 50.7 Å². The average Bonchev–Trinajstić information content (AvgIpc) is 2.98. The smallest absolute Gasteiger partial charge is 0.251 e. The largest absolute Gasteiger partial charge is 0.352 e. The quantitative estimate of drug-likeness (QED) is 0.733. The molecule has 2 N–H and O–H groups in total. The number of nitrogens with zero attached hydrogens (tertiary/aromatic N) is 2. The number of imidazole rings is 1. The number of nitrogens with one attached hydrogen (secondary N) is 2. The fourth-order valence-corrected chi connectivity index (χ4v) is 2.38. The van der Waals surface area contributed by atoms with Gasteiger partial charge in [0.25, 0.3) is 5.91 Å². The lowest BCUT2D eigenvalue weighted by Gasteiger charge is -2.17. The Morgan fingerprint density at radius 3 is 2.86 bits per heavy atom. The predicted molar refractivity (Wildman–Crippen MR) is 85.4 cm³/mol. The number of H-pyrrole nitrogens is 1. The van der Waals surface area contributed by atoms with Crippen molar-refractivity contribution in [1.82, 2.24) is 20.2 Å². The van der Waals surface area contributed by atoms with Crippen molar-refractivity contribution in [2.24, 2.45) is 0 Å². The number of carbonyl (C=O) groups is 1. The van der Waals surface area contributed by atoms with E-state index in [1.807, 2.05) is 18.2 Å². The second kappa shape index (κ2) is 7.78. The SMILES string of the molecule is CCN(CC)CCCCNC(=O)c1ccc2nc[nH]c2c1. The standard InChI is InChI=1S/C16H24N4O/c1-3-20(4-2)10-6-5-9-17-16(21)13-7-8-14-15(11-13)19-12-18-14/h7-8,11-12H,3-6,9-10H2,1-2H3,(H,17,21)(H,18,19). The van der Waals surface area contributed by atoms with Crippen molar-refractivity contribution >= 4 is 16.9 Å². The van der Waals surface area contributed by atoms with E-state index in [9.17, 15) is 4.79 Å². The Kier molecular flexibility index (Phi) is 5.75. The highest BCUT2D eigenvalue weighted by molar-refractivity contribution is 5.97. The van der Waals surface area contributed by atoms with Gasteiger partial charge >= 0.3 is 0 Å². The van der Waals surface area contributed by atoms with Gasteiger partial charge in [-0.15, -0.1) is 0 Å². The molecule has 0 saturated heterocycles. The zero-order valence-corrected chi connectivity index (χ0v) is 12.9. The third-order valence-corrected chi connectivity index (χ3v) is 3.76. The van der Waals surface area contributed by atoms with Crippen LogP contribution in [0.4, 0.5) is 0 Å². The Bertz CT molecular complexity index is 574. The summed E-state index contributed by atoms with van der Waals surface area (Å²) >= 11 is 0. The van der Waals surface area contributed by atoms with E-state index in [4.69, 9.17) is 0 Å². The summed E-state index contributed by atoms with van der Waals surface area (Å²) in [6.07, 6.45) is 3.76. The van der Waals surface area contributed by atoms with Gasteiger partial charge in [-0.1, -0.05) is 13.8 Å². The Morgan fingerprint density at radius 1 is 1.29 bits per heavy atom. The maximum Gasteiger partial charge on any atom is 0.251 e. The van der Waals surface area contributed by atoms with Crippen LogP contribution in [0.5, 0.6) is 0 Å². The molecule has 1 aromatic carbocycles. The van der Waals surface area contributed by atoms with Crippen LogP contribution >= 0.6 is 0 Å². The Morgan fingerprint density at radius 2 is 2.10 bits per heavy atom. The summed E-state index contributed by atoms with van der Waals surface area (Å²) in [5.41, 5.74) is 2.45. The molecule has 0 aliphatic rings. The van der Waals surface area contributed by atoms with Crippen molar-refractivity contribution in [3.8, 4) is 0 Å². The van der Waals surface area contributed by atoms with Crippen LogP contribution in [0.1, 0.15) is 37.0 Å². The molecular weight excluding hydrogens is 264 g/mol. The minimum absolute atomic E-state index is 0.0191. The lowest BCUT2D eigenvalue weighted by atomic mass is 10.2. The first kappa shape index (κ1) is 15.5. The third-order valence-electron chi connectivity index (χ3n) is 3.76. The van der Waals surface area contributed by atoms with Gasteiger partial charge in [0.2, 0.25) is 0 Å². The molecule has 0 aliphatic carbocycles. The first-order valence-corrected chi connectivity index (χ1v) is 7.68. The van der Waals surface area contributed by atoms with Crippen molar-refractivity contribution in [3.63, 3.8) is 0 Å². The number of fused-ring (bicyclic) bond motifs is 1. The zero-order chi connectivity index (χ0) is 15.1. The Hall–Kier alpha value is -1.88. The van der Waals surface area contributed by atoms with E-state index in [0.717, 1.165) is 50.1 Å². The van der Waals surface area contributed by atoms with E-state index in [-0.39, 0.29) is 5.91 Å². The van der Waals surface area contributed by atoms with E-state index >= 15 is 0 Å². The summed E-state index contributed by atoms with van der Waals surface area (Å²) in [7, 11) is 0. The highest BCUT2D eigenvalue weighted by Gasteiger charge is 2.06. The molecule has 1 aromatic heterocycles. The maximum atomic E-state index is 12.1. The van der Waals surface area contributed by atoms with Gasteiger partial charge in [0.05, 0.1) is 17.4 Å². The number of amides is 1. The van der Waals surface area contributed by atoms with Gasteiger partial charge in [0.1, 0.15) is 0 Å². The van der Waals surface area contributed by atoms with Gasteiger partial charge in [-0.25, -0.2) is 4.98 Å². The van der Waals surface area contributed by atoms with Gasteiger partial charge in [0, 0.05) is 12.1 Å². The normalized spacial score (nSPS) is 11.2. The van der Waals surface area contributed by atoms with Gasteiger partial charge in [0.15, 0.2) is 0 Å². The fraction of sp³-hybridized carbons (Fsp3) is 0.500. The number of aromatic nitrogens is 2. The number of hydrogen-bond donors (Lipinski definition) is 2. The van der Waals surface area contributed by atoms with E-state index in [1.165, 1.54) is 0 Å². The molecule has 1 heterocycles. The minimum Gasteiger partial charge on any atom is -0.352 e. The van der Waals surface area contributed by atoms with Crippen LogP contribution in [-0.4, -0.2) is 47.0 Å². The van der Waals surface area contributed by atoms with Gasteiger partial charge in [-0.2, -0.15) is 0 Å². The molecule has 0 aliphatic heterocycles. The molecule has 2 aromatic rings. The monoisotopic (exact) mass is 288 g/mol. The number of aromatic amines is 1. The summed E-state index contributed by atoms with van der Waals surface area (Å²) in [4.78, 5) is 21.6. The number of carbonyl (C=O) groups excluding carboxylic acids is 1. The van der Waals surface area contributed by atoms with Crippen molar-refractivity contribution in [2.75, 3.05) is 26.2 Å². The zero-order valence-electron chi connectivity index (χ0n) is 12.9. The topological polar surface area (TPSA) is 61.0 Å². The van der Waals surface area contributed by atoms with Crippen LogP contribution < -0.4 is 5.32 Å². The Balaban J connectivity index is 1.74. The maximum absolute atomic E-state index is 12.1. The summed E-state index contributed by atoms with van der Waals surface area (Å²) < 4.78 is 0. The summed E-state index contributed by atoms with van der Waals surface area (Å²) in [6.45, 7) is 8.36. The molecule has 0 bridgehead atoms. The first-order valence-electron chi connectivity index (χ1n) is 7.68. The molecular formula is C16H24N4O. The fourth-order valence-electron chi connectivity index (χ4n) is 2.38. The summed E-state index contributed by atoms with van der Waals surface area (Å²) in [5.74, 6) is -0.0191. The third kappa shape index (κ3) is 4.29. The van der Waals surface area contributed by atoms with Crippen LogP contribution in [0, 0.1) is 0 Å². The summed E-state index contributed by atoms with van der Waals surface area (Å²) in [6, 6.07) is 5.52. The van der Waals surface area contributed by atoms with Crippen LogP contribution in [0.3, 0.4) is 0 Å². The molecule has 114 valence electrons. The molecule has 2 rings (SSSR count). The Labute approximate surface area is 125 Å². The highest BCUT2D eigenvalue weighted by atomic mass is 16.1.